The quantitative estimate of drug-likeness (QED) is 0.841. The number of carbonyl (C=O) groups excluding carboxylic acids is 2. The number of rotatable bonds is 4. The number of hydrogen-bond donors (Lipinski definition) is 2. The Labute approximate surface area is 135 Å². The van der Waals surface area contributed by atoms with Crippen LogP contribution in [0.3, 0.4) is 0 Å². The first-order chi connectivity index (χ1) is 11.3. The van der Waals surface area contributed by atoms with Gasteiger partial charge in [-0.3, -0.25) is 9.59 Å². The molecular weight excluding hydrogens is 325 g/mol. The van der Waals surface area contributed by atoms with Gasteiger partial charge in [-0.05, 0) is 30.3 Å². The maximum Gasteiger partial charge on any atom is 0.258 e. The number of hydrogen-bond acceptors (Lipinski definition) is 3. The average Bonchev–Trinajstić information content (AvgIpc) is 2.52. The largest absolute Gasteiger partial charge is 0.495 e. The van der Waals surface area contributed by atoms with Gasteiger partial charge >= 0.3 is 0 Å². The minimum Gasteiger partial charge on any atom is -0.495 e. The lowest BCUT2D eigenvalue weighted by molar-refractivity contribution is -0.114. The van der Waals surface area contributed by atoms with Crippen molar-refractivity contribution < 1.29 is 27.5 Å². The van der Waals surface area contributed by atoms with Gasteiger partial charge in [0.25, 0.3) is 5.91 Å². The van der Waals surface area contributed by atoms with Gasteiger partial charge in [-0.25, -0.2) is 13.2 Å². The van der Waals surface area contributed by atoms with E-state index in [1.807, 2.05) is 0 Å². The van der Waals surface area contributed by atoms with Crippen molar-refractivity contribution in [1.82, 2.24) is 0 Å². The van der Waals surface area contributed by atoms with Gasteiger partial charge in [-0.1, -0.05) is 0 Å². The summed E-state index contributed by atoms with van der Waals surface area (Å²) in [4.78, 5) is 23.2. The van der Waals surface area contributed by atoms with Crippen LogP contribution in [-0.4, -0.2) is 18.9 Å². The van der Waals surface area contributed by atoms with Gasteiger partial charge in [0.1, 0.15) is 5.75 Å². The van der Waals surface area contributed by atoms with Gasteiger partial charge in [-0.15, -0.1) is 0 Å². The molecule has 24 heavy (non-hydrogen) atoms. The zero-order chi connectivity index (χ0) is 17.9. The van der Waals surface area contributed by atoms with E-state index in [1.165, 1.54) is 32.2 Å². The summed E-state index contributed by atoms with van der Waals surface area (Å²) in [6.07, 6.45) is 0. The third-order valence-electron chi connectivity index (χ3n) is 3.05. The van der Waals surface area contributed by atoms with E-state index in [0.29, 0.717) is 11.8 Å². The third-order valence-corrected chi connectivity index (χ3v) is 3.05. The van der Waals surface area contributed by atoms with Crippen molar-refractivity contribution in [3.05, 3.63) is 53.3 Å². The summed E-state index contributed by atoms with van der Waals surface area (Å²) in [6, 6.07) is 5.87. The highest BCUT2D eigenvalue weighted by Crippen LogP contribution is 2.28. The summed E-state index contributed by atoms with van der Waals surface area (Å²) in [6.45, 7) is 1.30. The van der Waals surface area contributed by atoms with Crippen LogP contribution in [0.5, 0.6) is 5.75 Å². The molecule has 5 nitrogen and oxygen atoms in total. The van der Waals surface area contributed by atoms with Crippen LogP contribution in [0.4, 0.5) is 24.5 Å². The topological polar surface area (TPSA) is 67.4 Å². The van der Waals surface area contributed by atoms with Crippen LogP contribution in [0.1, 0.15) is 17.3 Å². The fourth-order valence-corrected chi connectivity index (χ4v) is 1.98. The Morgan fingerprint density at radius 2 is 1.71 bits per heavy atom. The minimum atomic E-state index is -1.73. The molecule has 2 aromatic rings. The van der Waals surface area contributed by atoms with Crippen molar-refractivity contribution in [2.75, 3.05) is 17.7 Å². The molecule has 0 heterocycles. The van der Waals surface area contributed by atoms with E-state index < -0.39 is 28.9 Å². The van der Waals surface area contributed by atoms with Crippen molar-refractivity contribution in [3.8, 4) is 5.75 Å². The van der Waals surface area contributed by atoms with Crippen LogP contribution in [0.15, 0.2) is 30.3 Å². The lowest BCUT2D eigenvalue weighted by Crippen LogP contribution is -2.16. The molecule has 2 aromatic carbocycles. The molecule has 0 unspecified atom stereocenters. The number of ether oxygens (including phenoxy) is 1. The molecule has 0 aromatic heterocycles. The normalized spacial score (nSPS) is 10.2. The number of amides is 2. The molecule has 0 spiro atoms. The average molecular weight is 338 g/mol. The molecule has 2 amide bonds. The van der Waals surface area contributed by atoms with Crippen molar-refractivity contribution in [2.45, 2.75) is 6.92 Å². The molecule has 126 valence electrons. The molecule has 0 aliphatic heterocycles. The standard InChI is InChI=1S/C16H13F3N2O3/c1-8(22)20-9-3-6-13(24-2)12(7-9)21-16(23)10-4-5-11(17)15(19)14(10)18/h3-7H,1-2H3,(H,20,22)(H,21,23). The number of nitrogens with one attached hydrogen (secondary N) is 2. The molecule has 0 saturated heterocycles. The highest BCUT2D eigenvalue weighted by molar-refractivity contribution is 6.05. The summed E-state index contributed by atoms with van der Waals surface area (Å²) in [5, 5.41) is 4.84. The van der Waals surface area contributed by atoms with E-state index in [2.05, 4.69) is 10.6 Å². The van der Waals surface area contributed by atoms with Crippen molar-refractivity contribution in [2.24, 2.45) is 0 Å². The zero-order valence-corrected chi connectivity index (χ0v) is 12.7. The molecule has 0 aliphatic rings. The lowest BCUT2D eigenvalue weighted by atomic mass is 10.1. The zero-order valence-electron chi connectivity index (χ0n) is 12.7. The van der Waals surface area contributed by atoms with E-state index in [0.717, 1.165) is 6.07 Å². The number of carbonyl (C=O) groups is 2. The molecule has 0 aliphatic carbocycles. The number of methoxy groups -OCH3 is 1. The fraction of sp³-hybridized carbons (Fsp3) is 0.125. The Hall–Kier alpha value is -3.03. The van der Waals surface area contributed by atoms with Gasteiger partial charge < -0.3 is 15.4 Å². The van der Waals surface area contributed by atoms with Gasteiger partial charge in [0, 0.05) is 12.6 Å². The van der Waals surface area contributed by atoms with E-state index in [-0.39, 0.29) is 17.3 Å². The smallest absolute Gasteiger partial charge is 0.258 e. The summed E-state index contributed by atoms with van der Waals surface area (Å²) in [5.41, 5.74) is -0.178. The first-order valence-corrected chi connectivity index (χ1v) is 6.74. The molecule has 0 radical (unpaired) electrons. The first-order valence-electron chi connectivity index (χ1n) is 6.74. The molecule has 8 heteroatoms. The molecule has 0 bridgehead atoms. The molecule has 0 fully saturated rings. The van der Waals surface area contributed by atoms with Gasteiger partial charge in [0.05, 0.1) is 18.4 Å². The van der Waals surface area contributed by atoms with Crippen LogP contribution in [0.2, 0.25) is 0 Å². The summed E-state index contributed by atoms with van der Waals surface area (Å²) < 4.78 is 44.9. The summed E-state index contributed by atoms with van der Waals surface area (Å²) in [7, 11) is 1.35. The molecular formula is C16H13F3N2O3. The van der Waals surface area contributed by atoms with Crippen LogP contribution in [0.25, 0.3) is 0 Å². The third kappa shape index (κ3) is 3.65. The highest BCUT2D eigenvalue weighted by atomic mass is 19.2. The van der Waals surface area contributed by atoms with Crippen LogP contribution < -0.4 is 15.4 Å². The van der Waals surface area contributed by atoms with Crippen molar-refractivity contribution in [1.29, 1.82) is 0 Å². The Morgan fingerprint density at radius 3 is 2.33 bits per heavy atom. The van der Waals surface area contributed by atoms with Gasteiger partial charge in [0.15, 0.2) is 17.5 Å². The molecule has 0 saturated carbocycles. The monoisotopic (exact) mass is 338 g/mol. The van der Waals surface area contributed by atoms with Crippen molar-refractivity contribution in [3.63, 3.8) is 0 Å². The molecule has 2 N–H and O–H groups in total. The second kappa shape index (κ2) is 7.03. The Morgan fingerprint density at radius 1 is 1.00 bits per heavy atom. The lowest BCUT2D eigenvalue weighted by Gasteiger charge is -2.13. The van der Waals surface area contributed by atoms with E-state index in [4.69, 9.17) is 4.74 Å². The number of benzene rings is 2. The second-order valence-electron chi connectivity index (χ2n) is 4.77. The molecule has 2 rings (SSSR count). The maximum atomic E-state index is 13.7. The molecule has 0 atom stereocenters. The van der Waals surface area contributed by atoms with Crippen LogP contribution in [-0.2, 0) is 4.79 Å². The van der Waals surface area contributed by atoms with E-state index >= 15 is 0 Å². The summed E-state index contributed by atoms with van der Waals surface area (Å²) in [5.74, 6) is -5.81. The Balaban J connectivity index is 2.34. The predicted octanol–water partition coefficient (Wildman–Crippen LogP) is 3.32. The van der Waals surface area contributed by atoms with E-state index in [9.17, 15) is 22.8 Å². The first kappa shape index (κ1) is 17.3. The van der Waals surface area contributed by atoms with Crippen LogP contribution in [0, 0.1) is 17.5 Å². The van der Waals surface area contributed by atoms with E-state index in [1.54, 1.807) is 0 Å². The van der Waals surface area contributed by atoms with Gasteiger partial charge in [-0.2, -0.15) is 0 Å². The number of halogens is 3. The maximum absolute atomic E-state index is 13.7. The summed E-state index contributed by atoms with van der Waals surface area (Å²) >= 11 is 0. The van der Waals surface area contributed by atoms with Crippen LogP contribution >= 0.6 is 0 Å². The SMILES string of the molecule is COc1ccc(NC(C)=O)cc1NC(=O)c1ccc(F)c(F)c1F. The Kier molecular flexibility index (Phi) is 5.08. The number of anilines is 2. The second-order valence-corrected chi connectivity index (χ2v) is 4.77. The Bertz CT molecular complexity index is 809. The van der Waals surface area contributed by atoms with Gasteiger partial charge in [0.2, 0.25) is 5.91 Å². The fourth-order valence-electron chi connectivity index (χ4n) is 1.98. The highest BCUT2D eigenvalue weighted by Gasteiger charge is 2.20. The predicted molar refractivity (Wildman–Crippen MR) is 81.6 cm³/mol. The van der Waals surface area contributed by atoms with Crippen molar-refractivity contribution >= 4 is 23.2 Å². The minimum absolute atomic E-state index is 0.123.